The van der Waals surface area contributed by atoms with Crippen LogP contribution in [0.1, 0.15) is 116 Å². The number of aromatic nitrogens is 1. The molecule has 9 nitrogen and oxygen atoms in total. The van der Waals surface area contributed by atoms with Crippen LogP contribution in [0, 0.1) is 67.0 Å². The minimum Gasteiger partial charge on any atom is -0.358 e. The van der Waals surface area contributed by atoms with Gasteiger partial charge in [-0.05, 0) is 84.9 Å². The third kappa shape index (κ3) is 4.47. The second kappa shape index (κ2) is 12.9. The zero-order valence-electron chi connectivity index (χ0n) is 30.9. The first-order valence-corrected chi connectivity index (χ1v) is 18.6. The molecule has 0 fully saturated rings. The molecule has 1 aromatic heterocycles. The van der Waals surface area contributed by atoms with Crippen molar-refractivity contribution in [3.63, 3.8) is 0 Å². The number of Topliss-reactive ketones (excluding diaryl/α,β-unsaturated/α-hetero) is 1. The van der Waals surface area contributed by atoms with Crippen LogP contribution in [0.4, 0.5) is 0 Å². The predicted octanol–water partition coefficient (Wildman–Crippen LogP) is 8.33. The standard InChI is InChI=1S/C42H46N8O/c1-8-25-26(9-2)31-18-35-38(51)40(12-5,13-6)36(50-35)19-32-27(10-3)28(11-4)33(48-32)20-37-42(14-7)29(34(49-37)17-30(25)47-31)15-16-39(21-43,22-44)41(42,23-45)24-46/h15,17,19,30,48H,8-14,16,18,20H2,1-7H3. The Morgan fingerprint density at radius 1 is 0.824 bits per heavy atom. The molecule has 0 aromatic carbocycles. The van der Waals surface area contributed by atoms with E-state index in [1.807, 2.05) is 19.1 Å². The second-order valence-electron chi connectivity index (χ2n) is 14.3. The number of aromatic amines is 1. The Labute approximate surface area is 301 Å². The summed E-state index contributed by atoms with van der Waals surface area (Å²) in [5.41, 5.74) is 4.47. The monoisotopic (exact) mass is 678 g/mol. The predicted molar refractivity (Wildman–Crippen MR) is 198 cm³/mol. The Balaban J connectivity index is 1.72. The Bertz CT molecular complexity index is 2090. The molecule has 1 aliphatic carbocycles. The Morgan fingerprint density at radius 3 is 2.06 bits per heavy atom. The van der Waals surface area contributed by atoms with Crippen LogP contribution in [-0.2, 0) is 24.1 Å². The van der Waals surface area contributed by atoms with E-state index in [4.69, 9.17) is 15.0 Å². The number of nitrogens with one attached hydrogen (secondary N) is 1. The maximum absolute atomic E-state index is 14.3. The molecule has 0 spiro atoms. The van der Waals surface area contributed by atoms with E-state index in [0.29, 0.717) is 48.4 Å². The summed E-state index contributed by atoms with van der Waals surface area (Å²) in [6, 6.07) is 8.48. The first kappa shape index (κ1) is 35.7. The summed E-state index contributed by atoms with van der Waals surface area (Å²) in [5, 5.41) is 43.2. The number of carbonyl (C=O) groups is 1. The molecular formula is C42H46N8O. The van der Waals surface area contributed by atoms with E-state index in [0.717, 1.165) is 70.8 Å². The number of aliphatic imine (C=N–C) groups is 3. The zero-order chi connectivity index (χ0) is 36.9. The molecule has 5 heterocycles. The highest BCUT2D eigenvalue weighted by Gasteiger charge is 2.72. The highest BCUT2D eigenvalue weighted by Crippen LogP contribution is 2.66. The molecule has 2 atom stereocenters. The number of carbonyl (C=O) groups excluding carboxylic acids is 1. The summed E-state index contributed by atoms with van der Waals surface area (Å²) in [4.78, 5) is 33.7. The van der Waals surface area contributed by atoms with Gasteiger partial charge in [-0.2, -0.15) is 21.0 Å². The molecule has 5 aliphatic rings. The minimum atomic E-state index is -2.02. The maximum Gasteiger partial charge on any atom is 0.190 e. The summed E-state index contributed by atoms with van der Waals surface area (Å²) in [6.07, 6.45) is 11.1. The van der Waals surface area contributed by atoms with Crippen molar-refractivity contribution in [1.29, 1.82) is 21.0 Å². The second-order valence-corrected chi connectivity index (χ2v) is 14.3. The Kier molecular flexibility index (Phi) is 9.02. The van der Waals surface area contributed by atoms with Crippen LogP contribution in [0.5, 0.6) is 0 Å². The van der Waals surface area contributed by atoms with Crippen molar-refractivity contribution < 1.29 is 4.79 Å². The highest BCUT2D eigenvalue weighted by molar-refractivity contribution is 6.48. The van der Waals surface area contributed by atoms with Crippen molar-refractivity contribution in [2.75, 3.05) is 0 Å². The van der Waals surface area contributed by atoms with Crippen LogP contribution in [0.2, 0.25) is 0 Å². The third-order valence-corrected chi connectivity index (χ3v) is 12.7. The van der Waals surface area contributed by atoms with E-state index in [9.17, 15) is 25.8 Å². The Hall–Kier alpha value is -5.12. The van der Waals surface area contributed by atoms with Gasteiger partial charge in [0.05, 0.1) is 58.3 Å². The number of H-pyrrole nitrogens is 1. The van der Waals surface area contributed by atoms with Crippen molar-refractivity contribution in [1.82, 2.24) is 4.98 Å². The van der Waals surface area contributed by atoms with Gasteiger partial charge in [-0.1, -0.05) is 54.5 Å². The molecular weight excluding hydrogens is 633 g/mol. The number of hydrogen-bond donors (Lipinski definition) is 1. The average molecular weight is 679 g/mol. The van der Waals surface area contributed by atoms with Gasteiger partial charge < -0.3 is 4.98 Å². The molecule has 4 aliphatic heterocycles. The van der Waals surface area contributed by atoms with Gasteiger partial charge in [0.25, 0.3) is 0 Å². The largest absolute Gasteiger partial charge is 0.358 e. The molecule has 0 radical (unpaired) electrons. The van der Waals surface area contributed by atoms with Gasteiger partial charge >= 0.3 is 0 Å². The summed E-state index contributed by atoms with van der Waals surface area (Å²) in [7, 11) is 0. The molecule has 2 unspecified atom stereocenters. The lowest BCUT2D eigenvalue weighted by molar-refractivity contribution is -0.119. The van der Waals surface area contributed by atoms with Crippen LogP contribution in [0.3, 0.4) is 0 Å². The van der Waals surface area contributed by atoms with Gasteiger partial charge in [0, 0.05) is 42.1 Å². The fourth-order valence-corrected chi connectivity index (χ4v) is 9.94. The van der Waals surface area contributed by atoms with Crippen LogP contribution < -0.4 is 0 Å². The van der Waals surface area contributed by atoms with Crippen molar-refractivity contribution in [3.8, 4) is 24.3 Å². The molecule has 1 N–H and O–H groups in total. The minimum absolute atomic E-state index is 0.0623. The van der Waals surface area contributed by atoms with Crippen LogP contribution >= 0.6 is 0 Å². The zero-order valence-corrected chi connectivity index (χ0v) is 30.9. The number of nitriles is 4. The number of nitrogens with zero attached hydrogens (tertiary/aromatic N) is 7. The molecule has 0 saturated heterocycles. The third-order valence-electron chi connectivity index (χ3n) is 12.7. The van der Waals surface area contributed by atoms with Gasteiger partial charge in [0.2, 0.25) is 0 Å². The van der Waals surface area contributed by atoms with Crippen molar-refractivity contribution in [2.45, 2.75) is 119 Å². The number of hydrogen-bond acceptors (Lipinski definition) is 8. The lowest BCUT2D eigenvalue weighted by Crippen LogP contribution is -2.57. The normalized spacial score (nSPS) is 25.2. The van der Waals surface area contributed by atoms with Gasteiger partial charge in [0.15, 0.2) is 16.6 Å². The van der Waals surface area contributed by atoms with Crippen LogP contribution in [0.15, 0.2) is 55.2 Å². The van der Waals surface area contributed by atoms with E-state index in [1.54, 1.807) is 0 Å². The van der Waals surface area contributed by atoms with E-state index < -0.39 is 21.7 Å². The molecule has 0 saturated carbocycles. The van der Waals surface area contributed by atoms with Gasteiger partial charge in [-0.15, -0.1) is 0 Å². The SMILES string of the molecule is CCC1=C(CC)C2C=C3N=C(Cc4[nH]c(c(CC)c4CC)C=C4N=C(CC1=N2)C(=O)C4(CC)CC)C1(CC)C3=CCC(C#N)(C#N)C1(C#N)C#N. The first-order chi connectivity index (χ1) is 24.6. The van der Waals surface area contributed by atoms with Crippen LogP contribution in [-0.4, -0.2) is 33.9 Å². The summed E-state index contributed by atoms with van der Waals surface area (Å²) in [5.74, 6) is 0.0779. The maximum atomic E-state index is 14.3. The molecule has 9 heteroatoms. The van der Waals surface area contributed by atoms with Crippen molar-refractivity contribution >= 4 is 29.0 Å². The summed E-state index contributed by atoms with van der Waals surface area (Å²) >= 11 is 0. The smallest absolute Gasteiger partial charge is 0.190 e. The van der Waals surface area contributed by atoms with E-state index in [2.05, 4.69) is 76.9 Å². The van der Waals surface area contributed by atoms with Crippen LogP contribution in [0.25, 0.3) is 6.08 Å². The van der Waals surface area contributed by atoms with Crippen molar-refractivity contribution in [3.05, 3.63) is 62.8 Å². The average Bonchev–Trinajstić information content (AvgIpc) is 3.84. The quantitative estimate of drug-likeness (QED) is 0.306. The van der Waals surface area contributed by atoms with Gasteiger partial charge in [-0.3, -0.25) is 19.8 Å². The van der Waals surface area contributed by atoms with Gasteiger partial charge in [-0.25, -0.2) is 0 Å². The molecule has 0 amide bonds. The topological polar surface area (TPSA) is 165 Å². The Morgan fingerprint density at radius 2 is 1.51 bits per heavy atom. The number of fused-ring (bicyclic) bond motifs is 8. The number of rotatable bonds is 7. The molecule has 260 valence electrons. The number of allylic oxidation sites excluding steroid dienone is 4. The van der Waals surface area contributed by atoms with E-state index >= 15 is 0 Å². The lowest BCUT2D eigenvalue weighted by Gasteiger charge is -2.49. The fourth-order valence-electron chi connectivity index (χ4n) is 9.94. The molecule has 6 rings (SSSR count). The molecule has 8 bridgehead atoms. The van der Waals surface area contributed by atoms with E-state index in [1.165, 1.54) is 0 Å². The summed E-state index contributed by atoms with van der Waals surface area (Å²) < 4.78 is 0. The number of ketones is 1. The van der Waals surface area contributed by atoms with E-state index in [-0.39, 0.29) is 24.7 Å². The molecule has 51 heavy (non-hydrogen) atoms. The summed E-state index contributed by atoms with van der Waals surface area (Å²) in [6.45, 7) is 14.5. The van der Waals surface area contributed by atoms with Gasteiger partial charge in [0.1, 0.15) is 0 Å². The first-order valence-electron chi connectivity index (χ1n) is 18.6. The highest BCUT2D eigenvalue weighted by atomic mass is 16.1. The fraction of sp³-hybridized carbons (Fsp3) is 0.524. The molecule has 1 aromatic rings. The lowest BCUT2D eigenvalue weighted by atomic mass is 9.44. The van der Waals surface area contributed by atoms with Crippen molar-refractivity contribution in [2.24, 2.45) is 36.6 Å².